The van der Waals surface area contributed by atoms with Gasteiger partial charge in [0, 0.05) is 21.9 Å². The van der Waals surface area contributed by atoms with Crippen molar-refractivity contribution in [1.29, 1.82) is 0 Å². The van der Waals surface area contributed by atoms with Crippen molar-refractivity contribution < 1.29 is 14.3 Å². The molecule has 2 aromatic rings. The highest BCUT2D eigenvalue weighted by atomic mass is 32.1. The molecule has 4 heteroatoms. The molecule has 3 nitrogen and oxygen atoms in total. The Morgan fingerprint density at radius 1 is 1.06 bits per heavy atom. The highest BCUT2D eigenvalue weighted by Crippen LogP contribution is 2.19. The van der Waals surface area contributed by atoms with Crippen LogP contribution >= 0.6 is 11.3 Å². The van der Waals surface area contributed by atoms with Gasteiger partial charge in [-0.3, -0.25) is 4.79 Å². The first-order chi connectivity index (χ1) is 8.24. The Labute approximate surface area is 103 Å². The minimum atomic E-state index is -0.481. The minimum absolute atomic E-state index is 0.160. The van der Waals surface area contributed by atoms with Crippen molar-refractivity contribution in [3.05, 3.63) is 57.8 Å². The summed E-state index contributed by atoms with van der Waals surface area (Å²) in [5.74, 6) is -0.641. The van der Waals surface area contributed by atoms with Gasteiger partial charge in [-0.2, -0.15) is 11.3 Å². The van der Waals surface area contributed by atoms with E-state index in [-0.39, 0.29) is 5.78 Å². The molecule has 0 aliphatic heterocycles. The topological polar surface area (TPSA) is 43.4 Å². The number of hydrogen-bond acceptors (Lipinski definition) is 4. The van der Waals surface area contributed by atoms with Crippen LogP contribution in [0.25, 0.3) is 0 Å². The van der Waals surface area contributed by atoms with E-state index in [1.165, 1.54) is 18.4 Å². The van der Waals surface area contributed by atoms with Gasteiger partial charge in [0.1, 0.15) is 0 Å². The van der Waals surface area contributed by atoms with E-state index in [1.54, 1.807) is 35.0 Å². The van der Waals surface area contributed by atoms with Crippen molar-refractivity contribution in [2.24, 2.45) is 0 Å². The molecule has 86 valence electrons. The van der Waals surface area contributed by atoms with Crippen LogP contribution in [0, 0.1) is 0 Å². The Morgan fingerprint density at radius 3 is 2.35 bits per heavy atom. The lowest BCUT2D eigenvalue weighted by Gasteiger charge is -2.01. The van der Waals surface area contributed by atoms with Gasteiger partial charge in [0.2, 0.25) is 0 Å². The molecule has 0 spiro atoms. The molecular formula is C13H10O3S. The van der Waals surface area contributed by atoms with Crippen LogP contribution < -0.4 is 0 Å². The average molecular weight is 246 g/mol. The SMILES string of the molecule is COC(=O)c1cscc1C(=O)c1ccccc1. The van der Waals surface area contributed by atoms with Gasteiger partial charge in [0.25, 0.3) is 0 Å². The first-order valence-electron chi connectivity index (χ1n) is 4.98. The van der Waals surface area contributed by atoms with Crippen LogP contribution in [0.5, 0.6) is 0 Å². The molecule has 17 heavy (non-hydrogen) atoms. The molecule has 0 aliphatic carbocycles. The molecule has 0 atom stereocenters. The largest absolute Gasteiger partial charge is 0.465 e. The highest BCUT2D eigenvalue weighted by Gasteiger charge is 2.19. The number of esters is 1. The summed E-state index contributed by atoms with van der Waals surface area (Å²) < 4.78 is 4.64. The van der Waals surface area contributed by atoms with Gasteiger partial charge in [-0.15, -0.1) is 0 Å². The fourth-order valence-electron chi connectivity index (χ4n) is 1.49. The summed E-state index contributed by atoms with van der Waals surface area (Å²) in [7, 11) is 1.30. The predicted molar refractivity (Wildman–Crippen MR) is 65.5 cm³/mol. The second-order valence-electron chi connectivity index (χ2n) is 3.39. The number of thiophene rings is 1. The number of carbonyl (C=O) groups is 2. The predicted octanol–water partition coefficient (Wildman–Crippen LogP) is 2.77. The van der Waals surface area contributed by atoms with Crippen molar-refractivity contribution in [2.45, 2.75) is 0 Å². The Bertz CT molecular complexity index is 543. The first-order valence-corrected chi connectivity index (χ1v) is 5.92. The number of rotatable bonds is 3. The molecule has 0 bridgehead atoms. The molecule has 0 saturated carbocycles. The summed E-state index contributed by atoms with van der Waals surface area (Å²) in [5, 5.41) is 3.30. The third kappa shape index (κ3) is 2.26. The fraction of sp³-hybridized carbons (Fsp3) is 0.0769. The van der Waals surface area contributed by atoms with E-state index >= 15 is 0 Å². The van der Waals surface area contributed by atoms with Gasteiger partial charge < -0.3 is 4.74 Å². The van der Waals surface area contributed by atoms with Crippen LogP contribution in [0.4, 0.5) is 0 Å². The lowest BCUT2D eigenvalue weighted by Crippen LogP contribution is -2.08. The number of benzene rings is 1. The molecule has 1 aromatic heterocycles. The molecular weight excluding hydrogens is 236 g/mol. The first kappa shape index (κ1) is 11.5. The van der Waals surface area contributed by atoms with Gasteiger partial charge in [0.15, 0.2) is 5.78 Å². The van der Waals surface area contributed by atoms with Crippen molar-refractivity contribution in [2.75, 3.05) is 7.11 Å². The average Bonchev–Trinajstić information content (AvgIpc) is 2.87. The van der Waals surface area contributed by atoms with Gasteiger partial charge in [0.05, 0.1) is 12.7 Å². The zero-order valence-electron chi connectivity index (χ0n) is 9.17. The van der Waals surface area contributed by atoms with Crippen LogP contribution in [0.3, 0.4) is 0 Å². The van der Waals surface area contributed by atoms with Crippen LogP contribution in [0.2, 0.25) is 0 Å². The summed E-state index contributed by atoms with van der Waals surface area (Å²) in [6, 6.07) is 8.86. The van der Waals surface area contributed by atoms with Gasteiger partial charge in [-0.25, -0.2) is 4.79 Å². The maximum Gasteiger partial charge on any atom is 0.339 e. The summed E-state index contributed by atoms with van der Waals surface area (Å²) in [5.41, 5.74) is 1.29. The van der Waals surface area contributed by atoms with Crippen molar-refractivity contribution >= 4 is 23.1 Å². The van der Waals surface area contributed by atoms with E-state index in [4.69, 9.17) is 0 Å². The molecule has 0 amide bonds. The number of methoxy groups -OCH3 is 1. The number of ether oxygens (including phenoxy) is 1. The van der Waals surface area contributed by atoms with Crippen molar-refractivity contribution in [3.63, 3.8) is 0 Å². The number of hydrogen-bond donors (Lipinski definition) is 0. The molecule has 0 saturated heterocycles. The van der Waals surface area contributed by atoms with Crippen LogP contribution in [-0.2, 0) is 4.74 Å². The Morgan fingerprint density at radius 2 is 1.71 bits per heavy atom. The number of carbonyl (C=O) groups excluding carboxylic acids is 2. The fourth-order valence-corrected chi connectivity index (χ4v) is 2.28. The Hall–Kier alpha value is -1.94. The lowest BCUT2D eigenvalue weighted by atomic mass is 10.0. The van der Waals surface area contributed by atoms with E-state index in [0.717, 1.165) is 0 Å². The monoisotopic (exact) mass is 246 g/mol. The van der Waals surface area contributed by atoms with Crippen LogP contribution in [0.1, 0.15) is 26.3 Å². The Kier molecular flexibility index (Phi) is 3.35. The van der Waals surface area contributed by atoms with E-state index in [1.807, 2.05) is 6.07 Å². The second-order valence-corrected chi connectivity index (χ2v) is 4.13. The quantitative estimate of drug-likeness (QED) is 0.618. The van der Waals surface area contributed by atoms with Gasteiger partial charge in [-0.05, 0) is 0 Å². The van der Waals surface area contributed by atoms with Crippen molar-refractivity contribution in [1.82, 2.24) is 0 Å². The normalized spacial score (nSPS) is 9.94. The molecule has 1 heterocycles. The second kappa shape index (κ2) is 4.93. The zero-order chi connectivity index (χ0) is 12.3. The third-order valence-corrected chi connectivity index (χ3v) is 3.09. The molecule has 0 fully saturated rings. The maximum atomic E-state index is 12.1. The lowest BCUT2D eigenvalue weighted by molar-refractivity contribution is 0.0598. The van der Waals surface area contributed by atoms with E-state index < -0.39 is 5.97 Å². The third-order valence-electron chi connectivity index (χ3n) is 2.35. The van der Waals surface area contributed by atoms with Crippen molar-refractivity contribution in [3.8, 4) is 0 Å². The molecule has 0 N–H and O–H groups in total. The summed E-state index contributed by atoms with van der Waals surface area (Å²) >= 11 is 1.31. The number of ketones is 1. The minimum Gasteiger partial charge on any atom is -0.465 e. The van der Waals surface area contributed by atoms with E-state index in [0.29, 0.717) is 16.7 Å². The Balaban J connectivity index is 2.39. The molecule has 0 radical (unpaired) electrons. The van der Waals surface area contributed by atoms with Crippen LogP contribution in [0.15, 0.2) is 41.1 Å². The van der Waals surface area contributed by atoms with Gasteiger partial charge >= 0.3 is 5.97 Å². The van der Waals surface area contributed by atoms with Gasteiger partial charge in [-0.1, -0.05) is 30.3 Å². The summed E-state index contributed by atoms with van der Waals surface area (Å²) in [4.78, 5) is 23.6. The summed E-state index contributed by atoms with van der Waals surface area (Å²) in [6.45, 7) is 0. The molecule has 2 rings (SSSR count). The maximum absolute atomic E-state index is 12.1. The standard InChI is InChI=1S/C13H10O3S/c1-16-13(15)11-8-17-7-10(11)12(14)9-5-3-2-4-6-9/h2-8H,1H3. The summed E-state index contributed by atoms with van der Waals surface area (Å²) in [6.07, 6.45) is 0. The molecule has 0 aliphatic rings. The molecule has 0 unspecified atom stereocenters. The van der Waals surface area contributed by atoms with E-state index in [2.05, 4.69) is 4.74 Å². The highest BCUT2D eigenvalue weighted by molar-refractivity contribution is 7.08. The smallest absolute Gasteiger partial charge is 0.339 e. The zero-order valence-corrected chi connectivity index (χ0v) is 9.99. The molecule has 1 aromatic carbocycles. The van der Waals surface area contributed by atoms with E-state index in [9.17, 15) is 9.59 Å². The van der Waals surface area contributed by atoms with Crippen LogP contribution in [-0.4, -0.2) is 18.9 Å².